The number of nitrogens with zero attached hydrogens (tertiary/aromatic N) is 3. The van der Waals surface area contributed by atoms with Crippen LogP contribution in [0, 0.1) is 11.3 Å². The SMILES string of the molecule is COc1ccc(N2C(=NC(=O)CC#N)S[C@H]3CS(=O)(=O)C[C@H]32)cc1Cl. The maximum Gasteiger partial charge on any atom is 0.262 e. The molecule has 2 aliphatic rings. The lowest BCUT2D eigenvalue weighted by Gasteiger charge is -2.25. The Morgan fingerprint density at radius 3 is 2.92 bits per heavy atom. The third kappa shape index (κ3) is 3.61. The molecule has 2 aliphatic heterocycles. The van der Waals surface area contributed by atoms with Gasteiger partial charge in [-0.2, -0.15) is 10.3 Å². The number of halogens is 1. The lowest BCUT2D eigenvalue weighted by atomic mass is 10.2. The van der Waals surface area contributed by atoms with E-state index >= 15 is 0 Å². The summed E-state index contributed by atoms with van der Waals surface area (Å²) < 4.78 is 29.1. The van der Waals surface area contributed by atoms with E-state index in [1.165, 1.54) is 18.9 Å². The number of rotatable bonds is 3. The number of amides is 1. The predicted octanol–water partition coefficient (Wildman–Crippen LogP) is 1.86. The summed E-state index contributed by atoms with van der Waals surface area (Å²) in [4.78, 5) is 17.5. The summed E-state index contributed by atoms with van der Waals surface area (Å²) in [6.07, 6.45) is -0.325. The number of aliphatic imine (C=N–C) groups is 1. The Hall–Kier alpha value is -1.76. The van der Waals surface area contributed by atoms with Gasteiger partial charge in [-0.25, -0.2) is 8.42 Å². The molecule has 0 unspecified atom stereocenters. The van der Waals surface area contributed by atoms with E-state index in [0.29, 0.717) is 21.6 Å². The Balaban J connectivity index is 2.02. The molecule has 1 aromatic rings. The zero-order chi connectivity index (χ0) is 18.2. The standard InChI is InChI=1S/C15H14ClN3O4S2/c1-23-12-3-2-9(6-10(12)16)19-11-7-25(21,22)8-13(11)24-15(19)18-14(20)4-5-17/h2-3,6,11,13H,4,7-8H2,1H3/t11-,13+/m1/s1. The molecule has 7 nitrogen and oxygen atoms in total. The Morgan fingerprint density at radius 2 is 2.28 bits per heavy atom. The quantitative estimate of drug-likeness (QED) is 0.764. The van der Waals surface area contributed by atoms with Crippen molar-refractivity contribution in [2.24, 2.45) is 4.99 Å². The summed E-state index contributed by atoms with van der Waals surface area (Å²) in [5.41, 5.74) is 0.631. The molecule has 25 heavy (non-hydrogen) atoms. The van der Waals surface area contributed by atoms with Gasteiger partial charge in [0.2, 0.25) is 0 Å². The summed E-state index contributed by atoms with van der Waals surface area (Å²) in [5.74, 6) is -0.0436. The van der Waals surface area contributed by atoms with Crippen LogP contribution in [-0.2, 0) is 14.6 Å². The second-order valence-electron chi connectivity index (χ2n) is 5.61. The fraction of sp³-hybridized carbons (Fsp3) is 0.400. The van der Waals surface area contributed by atoms with Crippen molar-refractivity contribution in [2.45, 2.75) is 17.7 Å². The van der Waals surface area contributed by atoms with Crippen molar-refractivity contribution in [3.05, 3.63) is 23.2 Å². The van der Waals surface area contributed by atoms with Crippen LogP contribution in [0.2, 0.25) is 5.02 Å². The maximum absolute atomic E-state index is 12.0. The first kappa shape index (κ1) is 18.0. The summed E-state index contributed by atoms with van der Waals surface area (Å²) in [6, 6.07) is 6.50. The first-order valence-corrected chi connectivity index (χ1v) is 10.4. The molecule has 1 amide bonds. The van der Waals surface area contributed by atoms with Crippen LogP contribution < -0.4 is 9.64 Å². The third-order valence-corrected chi connectivity index (χ3v) is 7.44. The number of carbonyl (C=O) groups excluding carboxylic acids is 1. The minimum Gasteiger partial charge on any atom is -0.495 e. The van der Waals surface area contributed by atoms with E-state index in [0.717, 1.165) is 0 Å². The van der Waals surface area contributed by atoms with E-state index in [9.17, 15) is 13.2 Å². The van der Waals surface area contributed by atoms with Crippen molar-refractivity contribution in [1.29, 1.82) is 5.26 Å². The van der Waals surface area contributed by atoms with Crippen LogP contribution >= 0.6 is 23.4 Å². The number of sulfone groups is 1. The topological polar surface area (TPSA) is 99.8 Å². The molecule has 2 saturated heterocycles. The van der Waals surface area contributed by atoms with Gasteiger partial charge in [0.1, 0.15) is 12.2 Å². The van der Waals surface area contributed by atoms with Crippen molar-refractivity contribution in [3.63, 3.8) is 0 Å². The van der Waals surface area contributed by atoms with E-state index in [1.54, 1.807) is 29.2 Å². The normalized spacial score (nSPS) is 25.6. The Bertz CT molecular complexity index is 895. The Labute approximate surface area is 154 Å². The number of hydrogen-bond acceptors (Lipinski definition) is 6. The van der Waals surface area contributed by atoms with Gasteiger partial charge >= 0.3 is 0 Å². The monoisotopic (exact) mass is 399 g/mol. The van der Waals surface area contributed by atoms with Gasteiger partial charge in [0.15, 0.2) is 15.0 Å². The number of methoxy groups -OCH3 is 1. The van der Waals surface area contributed by atoms with E-state index in [2.05, 4.69) is 4.99 Å². The number of hydrogen-bond donors (Lipinski definition) is 0. The van der Waals surface area contributed by atoms with Crippen LogP contribution in [0.25, 0.3) is 0 Å². The molecule has 0 N–H and O–H groups in total. The first-order chi connectivity index (χ1) is 11.8. The first-order valence-electron chi connectivity index (χ1n) is 7.33. The zero-order valence-corrected chi connectivity index (χ0v) is 15.6. The second kappa shape index (κ2) is 6.86. The number of carbonyl (C=O) groups is 1. The van der Waals surface area contributed by atoms with Crippen LogP contribution in [-0.4, -0.2) is 49.4 Å². The Kier molecular flexibility index (Phi) is 4.95. The number of ether oxygens (including phenoxy) is 1. The molecule has 3 rings (SSSR count). The van der Waals surface area contributed by atoms with Gasteiger partial charge in [0, 0.05) is 10.9 Å². The minimum absolute atomic E-state index is 0.0141. The molecule has 2 heterocycles. The summed E-state index contributed by atoms with van der Waals surface area (Å²) in [7, 11) is -1.64. The van der Waals surface area contributed by atoms with Crippen LogP contribution in [0.5, 0.6) is 5.75 Å². The van der Waals surface area contributed by atoms with Gasteiger partial charge in [-0.1, -0.05) is 23.4 Å². The molecule has 0 radical (unpaired) electrons. The molecule has 2 fully saturated rings. The number of fused-ring (bicyclic) bond motifs is 1. The fourth-order valence-electron chi connectivity index (χ4n) is 2.89. The highest BCUT2D eigenvalue weighted by Gasteiger charge is 2.49. The van der Waals surface area contributed by atoms with Gasteiger partial charge in [0.25, 0.3) is 5.91 Å². The second-order valence-corrected chi connectivity index (χ2v) is 9.38. The lowest BCUT2D eigenvalue weighted by molar-refractivity contribution is -0.116. The summed E-state index contributed by atoms with van der Waals surface area (Å²) in [5, 5.41) is 9.20. The molecular weight excluding hydrogens is 386 g/mol. The van der Waals surface area contributed by atoms with Gasteiger partial charge in [0.05, 0.1) is 35.7 Å². The van der Waals surface area contributed by atoms with Crippen molar-refractivity contribution in [1.82, 2.24) is 0 Å². The van der Waals surface area contributed by atoms with Crippen LogP contribution in [0.4, 0.5) is 5.69 Å². The van der Waals surface area contributed by atoms with Gasteiger partial charge in [-0.05, 0) is 18.2 Å². The largest absolute Gasteiger partial charge is 0.495 e. The molecule has 0 bridgehead atoms. The molecule has 1 aromatic carbocycles. The number of thioether (sulfide) groups is 1. The molecule has 0 aliphatic carbocycles. The van der Waals surface area contributed by atoms with Gasteiger partial charge in [-0.3, -0.25) is 4.79 Å². The fourth-order valence-corrected chi connectivity index (χ4v) is 7.07. The third-order valence-electron chi connectivity index (χ3n) is 3.93. The van der Waals surface area contributed by atoms with Crippen LogP contribution in [0.1, 0.15) is 6.42 Å². The van der Waals surface area contributed by atoms with E-state index in [-0.39, 0.29) is 29.2 Å². The summed E-state index contributed by atoms with van der Waals surface area (Å²) >= 11 is 7.43. The highest BCUT2D eigenvalue weighted by Crippen LogP contribution is 2.42. The van der Waals surface area contributed by atoms with E-state index in [4.69, 9.17) is 21.6 Å². The van der Waals surface area contributed by atoms with Crippen molar-refractivity contribution in [3.8, 4) is 11.8 Å². The van der Waals surface area contributed by atoms with Crippen LogP contribution in [0.3, 0.4) is 0 Å². The van der Waals surface area contributed by atoms with E-state index < -0.39 is 15.7 Å². The van der Waals surface area contributed by atoms with Gasteiger partial charge in [-0.15, -0.1) is 0 Å². The number of benzene rings is 1. The molecular formula is C15H14ClN3O4S2. The Morgan fingerprint density at radius 1 is 1.52 bits per heavy atom. The predicted molar refractivity (Wildman–Crippen MR) is 97.0 cm³/mol. The van der Waals surface area contributed by atoms with E-state index in [1.807, 2.05) is 0 Å². The van der Waals surface area contributed by atoms with Crippen molar-refractivity contribution in [2.75, 3.05) is 23.5 Å². The van der Waals surface area contributed by atoms with Crippen molar-refractivity contribution >= 4 is 50.0 Å². The molecule has 0 aromatic heterocycles. The molecule has 2 atom stereocenters. The molecule has 0 saturated carbocycles. The highest BCUT2D eigenvalue weighted by atomic mass is 35.5. The molecule has 10 heteroatoms. The molecule has 0 spiro atoms. The summed E-state index contributed by atoms with van der Waals surface area (Å²) in [6.45, 7) is 0. The number of nitriles is 1. The zero-order valence-electron chi connectivity index (χ0n) is 13.2. The van der Waals surface area contributed by atoms with Gasteiger partial charge < -0.3 is 9.64 Å². The smallest absolute Gasteiger partial charge is 0.262 e. The molecule has 132 valence electrons. The van der Waals surface area contributed by atoms with Crippen molar-refractivity contribution < 1.29 is 17.9 Å². The number of amidine groups is 1. The average molecular weight is 400 g/mol. The van der Waals surface area contributed by atoms with Crippen LogP contribution in [0.15, 0.2) is 23.2 Å². The average Bonchev–Trinajstić information content (AvgIpc) is 2.98. The maximum atomic E-state index is 12.0. The highest BCUT2D eigenvalue weighted by molar-refractivity contribution is 8.16. The number of anilines is 1. The minimum atomic E-state index is -3.14. The lowest BCUT2D eigenvalue weighted by Crippen LogP contribution is -2.37.